The number of Topliss-reactive ketones (excluding diaryl/α,β-unsaturated/α-hetero) is 1. The van der Waals surface area contributed by atoms with Crippen molar-refractivity contribution in [1.29, 1.82) is 0 Å². The predicted molar refractivity (Wildman–Crippen MR) is 112 cm³/mol. The summed E-state index contributed by atoms with van der Waals surface area (Å²) in [5.41, 5.74) is 3.03. The molecule has 1 aliphatic rings. The summed E-state index contributed by atoms with van der Waals surface area (Å²) in [4.78, 5) is 44.6. The third-order valence-corrected chi connectivity index (χ3v) is 6.24. The van der Waals surface area contributed by atoms with Crippen molar-refractivity contribution in [2.45, 2.75) is 52.6 Å². The van der Waals surface area contributed by atoms with Crippen LogP contribution in [0.3, 0.4) is 0 Å². The van der Waals surface area contributed by atoms with Gasteiger partial charge in [0.25, 0.3) is 0 Å². The number of hydrogen-bond donors (Lipinski definition) is 0. The van der Waals surface area contributed by atoms with Gasteiger partial charge in [-0.05, 0) is 56.9 Å². The Morgan fingerprint density at radius 3 is 2.40 bits per heavy atom. The molecule has 1 atom stereocenters. The minimum atomic E-state index is -0.656. The highest BCUT2D eigenvalue weighted by atomic mass is 16.5. The van der Waals surface area contributed by atoms with Crippen LogP contribution in [0.2, 0.25) is 0 Å². The van der Waals surface area contributed by atoms with Crippen LogP contribution in [0.4, 0.5) is 0 Å². The van der Waals surface area contributed by atoms with E-state index < -0.39 is 12.0 Å². The molecule has 7 heteroatoms. The fourth-order valence-electron chi connectivity index (χ4n) is 4.06. The van der Waals surface area contributed by atoms with Gasteiger partial charge < -0.3 is 14.2 Å². The minimum absolute atomic E-state index is 0.0124. The van der Waals surface area contributed by atoms with E-state index in [0.29, 0.717) is 29.1 Å². The first-order valence-corrected chi connectivity index (χ1v) is 10.3. The summed E-state index contributed by atoms with van der Waals surface area (Å²) in [6, 6.07) is 3.05. The fraction of sp³-hybridized carbons (Fsp3) is 0.478. The van der Waals surface area contributed by atoms with E-state index in [1.54, 1.807) is 49.7 Å². The molecular weight excluding hydrogens is 382 g/mol. The summed E-state index contributed by atoms with van der Waals surface area (Å²) >= 11 is 0. The normalized spacial score (nSPS) is 14.7. The Morgan fingerprint density at radius 1 is 1.23 bits per heavy atom. The Bertz CT molecular complexity index is 961. The van der Waals surface area contributed by atoms with Crippen LogP contribution in [-0.4, -0.2) is 45.3 Å². The highest BCUT2D eigenvalue weighted by Crippen LogP contribution is 2.31. The number of ketones is 1. The molecule has 3 rings (SSSR count). The van der Waals surface area contributed by atoms with Gasteiger partial charge >= 0.3 is 5.97 Å². The van der Waals surface area contributed by atoms with Crippen molar-refractivity contribution >= 4 is 17.7 Å². The minimum Gasteiger partial charge on any atom is -0.464 e. The molecule has 0 spiro atoms. The number of nitrogens with zero attached hydrogens (tertiary/aromatic N) is 3. The second-order valence-electron chi connectivity index (χ2n) is 7.97. The molecule has 0 saturated heterocycles. The second-order valence-corrected chi connectivity index (χ2v) is 7.97. The maximum absolute atomic E-state index is 13.6. The average molecular weight is 412 g/mol. The third kappa shape index (κ3) is 3.88. The number of esters is 1. The van der Waals surface area contributed by atoms with Gasteiger partial charge in [0.1, 0.15) is 5.69 Å². The van der Waals surface area contributed by atoms with Crippen molar-refractivity contribution in [2.24, 2.45) is 13.0 Å². The number of carbonyl (C=O) groups is 3. The van der Waals surface area contributed by atoms with Crippen LogP contribution in [0.5, 0.6) is 0 Å². The highest BCUT2D eigenvalue weighted by Gasteiger charge is 2.36. The van der Waals surface area contributed by atoms with E-state index >= 15 is 0 Å². The Balaban J connectivity index is 1.96. The van der Waals surface area contributed by atoms with Crippen molar-refractivity contribution in [1.82, 2.24) is 14.5 Å². The molecule has 0 aromatic carbocycles. The van der Waals surface area contributed by atoms with Gasteiger partial charge in [-0.3, -0.25) is 14.6 Å². The smallest absolute Gasteiger partial charge is 0.354 e. The number of ether oxygens (including phenoxy) is 1. The quantitative estimate of drug-likeness (QED) is 0.516. The van der Waals surface area contributed by atoms with E-state index in [1.165, 1.54) is 7.11 Å². The second kappa shape index (κ2) is 8.81. The highest BCUT2D eigenvalue weighted by molar-refractivity contribution is 6.06. The lowest BCUT2D eigenvalue weighted by Gasteiger charge is -2.35. The summed E-state index contributed by atoms with van der Waals surface area (Å²) in [5.74, 6) is -0.662. The van der Waals surface area contributed by atoms with Crippen LogP contribution >= 0.6 is 0 Å². The molecule has 1 amide bonds. The van der Waals surface area contributed by atoms with Crippen LogP contribution < -0.4 is 0 Å². The lowest BCUT2D eigenvalue weighted by molar-refractivity contribution is -0.140. The van der Waals surface area contributed by atoms with Crippen LogP contribution in [0, 0.1) is 19.8 Å². The zero-order valence-electron chi connectivity index (χ0n) is 18.3. The lowest BCUT2D eigenvalue weighted by atomic mass is 9.83. The van der Waals surface area contributed by atoms with Gasteiger partial charge in [-0.1, -0.05) is 6.42 Å². The number of rotatable bonds is 7. The van der Waals surface area contributed by atoms with Crippen LogP contribution in [0.25, 0.3) is 0 Å². The van der Waals surface area contributed by atoms with Crippen molar-refractivity contribution in [3.05, 3.63) is 52.6 Å². The molecule has 2 aromatic rings. The molecular formula is C23H29N3O4. The van der Waals surface area contributed by atoms with Crippen molar-refractivity contribution < 1.29 is 19.1 Å². The molecule has 0 bridgehead atoms. The lowest BCUT2D eigenvalue weighted by Crippen LogP contribution is -2.47. The van der Waals surface area contributed by atoms with Crippen LogP contribution in [-0.2, 0) is 23.1 Å². The van der Waals surface area contributed by atoms with Gasteiger partial charge in [0.2, 0.25) is 5.91 Å². The monoisotopic (exact) mass is 411 g/mol. The maximum Gasteiger partial charge on any atom is 0.354 e. The molecule has 0 aliphatic heterocycles. The first-order chi connectivity index (χ1) is 14.3. The Labute approximate surface area is 177 Å². The molecule has 1 aliphatic carbocycles. The molecule has 30 heavy (non-hydrogen) atoms. The molecule has 7 nitrogen and oxygen atoms in total. The summed E-state index contributed by atoms with van der Waals surface area (Å²) in [7, 11) is 3.06. The zero-order valence-corrected chi connectivity index (χ0v) is 18.3. The SMILES string of the molecule is COC(=O)c1c(C)c(C(=O)[C@@H](C)N(Cc2ccncc2)C(=O)C2CCC2)c(C)n1C. The number of aromatic nitrogens is 2. The summed E-state index contributed by atoms with van der Waals surface area (Å²) in [5, 5.41) is 0. The average Bonchev–Trinajstić information content (AvgIpc) is 2.92. The van der Waals surface area contributed by atoms with E-state index in [-0.39, 0.29) is 17.6 Å². The molecule has 2 aromatic heterocycles. The van der Waals surface area contributed by atoms with Gasteiger partial charge in [0, 0.05) is 43.2 Å². The summed E-state index contributed by atoms with van der Waals surface area (Å²) < 4.78 is 6.57. The van der Waals surface area contributed by atoms with Crippen LogP contribution in [0.1, 0.15) is 63.9 Å². The largest absolute Gasteiger partial charge is 0.464 e. The number of methoxy groups -OCH3 is 1. The Kier molecular flexibility index (Phi) is 6.39. The molecule has 0 unspecified atom stereocenters. The van der Waals surface area contributed by atoms with E-state index in [1.807, 2.05) is 12.1 Å². The van der Waals surface area contributed by atoms with E-state index in [0.717, 1.165) is 24.8 Å². The first-order valence-electron chi connectivity index (χ1n) is 10.3. The number of carbonyl (C=O) groups excluding carboxylic acids is 3. The number of amides is 1. The molecule has 2 heterocycles. The number of pyridine rings is 1. The van der Waals surface area contributed by atoms with Gasteiger partial charge in [-0.2, -0.15) is 0 Å². The maximum atomic E-state index is 13.6. The summed E-state index contributed by atoms with van der Waals surface area (Å²) in [6.45, 7) is 5.67. The molecule has 160 valence electrons. The summed E-state index contributed by atoms with van der Waals surface area (Å²) in [6.07, 6.45) is 6.13. The molecule has 0 N–H and O–H groups in total. The van der Waals surface area contributed by atoms with Gasteiger partial charge in [0.05, 0.1) is 13.2 Å². The standard InChI is InChI=1S/C23H29N3O4/c1-14-19(15(2)25(4)20(14)23(29)30-5)21(27)16(3)26(22(28)18-7-6-8-18)13-17-9-11-24-12-10-17/h9-12,16,18H,6-8,13H2,1-5H3/t16-/m1/s1. The van der Waals surface area contributed by atoms with Crippen molar-refractivity contribution in [3.8, 4) is 0 Å². The van der Waals surface area contributed by atoms with E-state index in [9.17, 15) is 14.4 Å². The third-order valence-electron chi connectivity index (χ3n) is 6.24. The van der Waals surface area contributed by atoms with Gasteiger partial charge in [-0.15, -0.1) is 0 Å². The first kappa shape index (κ1) is 21.7. The van der Waals surface area contributed by atoms with E-state index in [4.69, 9.17) is 4.74 Å². The molecule has 1 saturated carbocycles. The number of hydrogen-bond acceptors (Lipinski definition) is 5. The predicted octanol–water partition coefficient (Wildman–Crippen LogP) is 3.22. The van der Waals surface area contributed by atoms with Crippen LogP contribution in [0.15, 0.2) is 24.5 Å². The van der Waals surface area contributed by atoms with Gasteiger partial charge in [0.15, 0.2) is 5.78 Å². The van der Waals surface area contributed by atoms with Crippen molar-refractivity contribution in [2.75, 3.05) is 7.11 Å². The van der Waals surface area contributed by atoms with Crippen molar-refractivity contribution in [3.63, 3.8) is 0 Å². The van der Waals surface area contributed by atoms with Gasteiger partial charge in [-0.25, -0.2) is 4.79 Å². The zero-order chi connectivity index (χ0) is 22.0. The molecule has 0 radical (unpaired) electrons. The molecule has 1 fully saturated rings. The Morgan fingerprint density at radius 2 is 1.87 bits per heavy atom. The Hall–Kier alpha value is -2.96. The van der Waals surface area contributed by atoms with E-state index in [2.05, 4.69) is 4.98 Å². The topological polar surface area (TPSA) is 81.5 Å². The fourth-order valence-corrected chi connectivity index (χ4v) is 4.06.